The zero-order valence-corrected chi connectivity index (χ0v) is 10.3. The number of amides is 4. The second kappa shape index (κ2) is 6.60. The highest BCUT2D eigenvalue weighted by atomic mass is 32.1. The summed E-state index contributed by atoms with van der Waals surface area (Å²) in [5, 5.41) is 6.54. The van der Waals surface area contributed by atoms with Crippen LogP contribution in [0.3, 0.4) is 0 Å². The second-order valence-corrected chi connectivity index (χ2v) is 4.50. The summed E-state index contributed by atoms with van der Waals surface area (Å²) in [6.07, 6.45) is 0.670. The van der Waals surface area contributed by atoms with Crippen LogP contribution in [0.1, 0.15) is 4.88 Å². The van der Waals surface area contributed by atoms with Gasteiger partial charge in [0.05, 0.1) is 0 Å². The van der Waals surface area contributed by atoms with Crippen molar-refractivity contribution in [3.8, 4) is 0 Å². The molecule has 1 rings (SSSR count). The molecule has 8 heteroatoms. The Bertz CT molecular complexity index is 418. The summed E-state index contributed by atoms with van der Waals surface area (Å²) in [6.45, 7) is 0.386. The molecule has 0 aliphatic rings. The van der Waals surface area contributed by atoms with Crippen LogP contribution in [-0.2, 0) is 16.0 Å². The molecule has 0 bridgehead atoms. The molecule has 0 saturated carbocycles. The number of primary amides is 2. The molecule has 6 N–H and O–H groups in total. The first-order valence-electron chi connectivity index (χ1n) is 5.16. The van der Waals surface area contributed by atoms with E-state index in [9.17, 15) is 14.4 Å². The van der Waals surface area contributed by atoms with Crippen molar-refractivity contribution in [3.63, 3.8) is 0 Å². The van der Waals surface area contributed by atoms with Gasteiger partial charge < -0.3 is 22.1 Å². The third-order valence-corrected chi connectivity index (χ3v) is 3.02. The summed E-state index contributed by atoms with van der Waals surface area (Å²) in [5.41, 5.74) is 9.82. The average Bonchev–Trinajstić information content (AvgIpc) is 2.78. The van der Waals surface area contributed by atoms with Gasteiger partial charge >= 0.3 is 6.03 Å². The molecule has 0 aliphatic heterocycles. The van der Waals surface area contributed by atoms with Crippen LogP contribution in [0.2, 0.25) is 0 Å². The Morgan fingerprint density at radius 2 is 1.94 bits per heavy atom. The standard InChI is InChI=1S/C10H14N4O3S/c11-8(15)7(9(12)16)14-10(17)13-4-3-6-2-1-5-18-6/h1-2,5,7H,3-4H2,(H2,11,15)(H2,12,16)(H2,13,14,17). The molecule has 18 heavy (non-hydrogen) atoms. The number of rotatable bonds is 6. The Balaban J connectivity index is 2.32. The van der Waals surface area contributed by atoms with E-state index in [0.717, 1.165) is 4.88 Å². The number of nitrogens with one attached hydrogen (secondary N) is 2. The highest BCUT2D eigenvalue weighted by molar-refractivity contribution is 7.09. The van der Waals surface area contributed by atoms with Crippen molar-refractivity contribution in [2.24, 2.45) is 11.5 Å². The number of carbonyl (C=O) groups excluding carboxylic acids is 3. The minimum Gasteiger partial charge on any atom is -0.367 e. The number of hydrogen-bond donors (Lipinski definition) is 4. The van der Waals surface area contributed by atoms with Crippen molar-refractivity contribution in [2.45, 2.75) is 12.5 Å². The molecule has 0 saturated heterocycles. The van der Waals surface area contributed by atoms with Crippen LogP contribution in [-0.4, -0.2) is 30.4 Å². The van der Waals surface area contributed by atoms with E-state index < -0.39 is 23.9 Å². The van der Waals surface area contributed by atoms with Crippen LogP contribution < -0.4 is 22.1 Å². The van der Waals surface area contributed by atoms with Gasteiger partial charge in [-0.05, 0) is 17.9 Å². The van der Waals surface area contributed by atoms with Crippen LogP contribution in [0.15, 0.2) is 17.5 Å². The molecule has 98 valence electrons. The molecule has 1 heterocycles. The van der Waals surface area contributed by atoms with E-state index in [1.54, 1.807) is 11.3 Å². The van der Waals surface area contributed by atoms with Crippen molar-refractivity contribution >= 4 is 29.2 Å². The van der Waals surface area contributed by atoms with Gasteiger partial charge in [-0.1, -0.05) is 6.07 Å². The van der Waals surface area contributed by atoms with Gasteiger partial charge in [0.15, 0.2) is 6.04 Å². The van der Waals surface area contributed by atoms with Gasteiger partial charge in [-0.2, -0.15) is 0 Å². The Morgan fingerprint density at radius 1 is 1.28 bits per heavy atom. The van der Waals surface area contributed by atoms with Crippen LogP contribution in [0.25, 0.3) is 0 Å². The molecule has 0 spiro atoms. The first-order valence-corrected chi connectivity index (χ1v) is 6.04. The monoisotopic (exact) mass is 270 g/mol. The van der Waals surface area contributed by atoms with Crippen molar-refractivity contribution in [2.75, 3.05) is 6.54 Å². The first-order chi connectivity index (χ1) is 8.50. The molecule has 0 fully saturated rings. The summed E-state index contributed by atoms with van der Waals surface area (Å²) in [7, 11) is 0. The molecule has 0 aliphatic carbocycles. The predicted molar refractivity (Wildman–Crippen MR) is 66.7 cm³/mol. The Hall–Kier alpha value is -2.09. The third kappa shape index (κ3) is 4.42. The van der Waals surface area contributed by atoms with E-state index in [4.69, 9.17) is 11.5 Å². The summed E-state index contributed by atoms with van der Waals surface area (Å²) >= 11 is 1.58. The van der Waals surface area contributed by atoms with Crippen LogP contribution in [0, 0.1) is 0 Å². The van der Waals surface area contributed by atoms with Gasteiger partial charge in [-0.3, -0.25) is 9.59 Å². The zero-order chi connectivity index (χ0) is 13.5. The fourth-order valence-electron chi connectivity index (χ4n) is 1.22. The molecule has 4 amide bonds. The van der Waals surface area contributed by atoms with Crippen LogP contribution in [0.4, 0.5) is 4.79 Å². The number of hydrogen-bond acceptors (Lipinski definition) is 4. The SMILES string of the molecule is NC(=O)C(NC(=O)NCCc1cccs1)C(N)=O. The lowest BCUT2D eigenvalue weighted by atomic mass is 10.3. The lowest BCUT2D eigenvalue weighted by Gasteiger charge is -2.12. The molecule has 0 radical (unpaired) electrons. The Labute approximate surface area is 108 Å². The Kier molecular flexibility index (Phi) is 5.12. The predicted octanol–water partition coefficient (Wildman–Crippen LogP) is -1.07. The summed E-state index contributed by atoms with van der Waals surface area (Å²) in [4.78, 5) is 34.1. The van der Waals surface area contributed by atoms with E-state index >= 15 is 0 Å². The van der Waals surface area contributed by atoms with Crippen molar-refractivity contribution in [3.05, 3.63) is 22.4 Å². The van der Waals surface area contributed by atoms with E-state index in [2.05, 4.69) is 10.6 Å². The van der Waals surface area contributed by atoms with Crippen LogP contribution >= 0.6 is 11.3 Å². The molecule has 1 aromatic rings. The molecule has 0 atom stereocenters. The maximum atomic E-state index is 11.4. The van der Waals surface area contributed by atoms with E-state index in [0.29, 0.717) is 13.0 Å². The highest BCUT2D eigenvalue weighted by Gasteiger charge is 2.23. The fourth-order valence-corrected chi connectivity index (χ4v) is 1.93. The van der Waals surface area contributed by atoms with Crippen molar-refractivity contribution in [1.29, 1.82) is 0 Å². The van der Waals surface area contributed by atoms with Gasteiger partial charge in [-0.15, -0.1) is 11.3 Å². The van der Waals surface area contributed by atoms with Gasteiger partial charge in [-0.25, -0.2) is 4.79 Å². The minimum atomic E-state index is -1.49. The maximum Gasteiger partial charge on any atom is 0.315 e. The topological polar surface area (TPSA) is 127 Å². The molecule has 0 unspecified atom stereocenters. The lowest BCUT2D eigenvalue weighted by molar-refractivity contribution is -0.128. The quantitative estimate of drug-likeness (QED) is 0.491. The number of thiophene rings is 1. The Morgan fingerprint density at radius 3 is 2.44 bits per heavy atom. The lowest BCUT2D eigenvalue weighted by Crippen LogP contribution is -2.55. The first kappa shape index (κ1) is 14.0. The fraction of sp³-hybridized carbons (Fsp3) is 0.300. The summed E-state index contributed by atoms with van der Waals surface area (Å²) in [6, 6.07) is 1.71. The normalized spacial score (nSPS) is 10.1. The molecule has 0 aromatic carbocycles. The number of carbonyl (C=O) groups is 3. The summed E-state index contributed by atoms with van der Waals surface area (Å²) < 4.78 is 0. The van der Waals surface area contributed by atoms with Gasteiger partial charge in [0, 0.05) is 11.4 Å². The third-order valence-electron chi connectivity index (χ3n) is 2.08. The van der Waals surface area contributed by atoms with E-state index in [-0.39, 0.29) is 0 Å². The van der Waals surface area contributed by atoms with Gasteiger partial charge in [0.25, 0.3) is 0 Å². The number of urea groups is 1. The smallest absolute Gasteiger partial charge is 0.315 e. The zero-order valence-electron chi connectivity index (χ0n) is 9.51. The molecular weight excluding hydrogens is 256 g/mol. The van der Waals surface area contributed by atoms with E-state index in [1.807, 2.05) is 17.5 Å². The average molecular weight is 270 g/mol. The second-order valence-electron chi connectivity index (χ2n) is 3.47. The molecule has 1 aromatic heterocycles. The van der Waals surface area contributed by atoms with Crippen LogP contribution in [0.5, 0.6) is 0 Å². The minimum absolute atomic E-state index is 0.386. The van der Waals surface area contributed by atoms with Gasteiger partial charge in [0.1, 0.15) is 0 Å². The molecular formula is C10H14N4O3S. The molecule has 7 nitrogen and oxygen atoms in total. The largest absolute Gasteiger partial charge is 0.367 e. The van der Waals surface area contributed by atoms with Crippen molar-refractivity contribution in [1.82, 2.24) is 10.6 Å². The highest BCUT2D eigenvalue weighted by Crippen LogP contribution is 2.07. The van der Waals surface area contributed by atoms with Crippen molar-refractivity contribution < 1.29 is 14.4 Å². The summed E-state index contributed by atoms with van der Waals surface area (Å²) in [5.74, 6) is -1.98. The number of nitrogens with two attached hydrogens (primary N) is 2. The maximum absolute atomic E-state index is 11.4. The van der Waals surface area contributed by atoms with E-state index in [1.165, 1.54) is 0 Å². The van der Waals surface area contributed by atoms with Gasteiger partial charge in [0.2, 0.25) is 11.8 Å².